The van der Waals surface area contributed by atoms with Crippen LogP contribution in [0, 0.1) is 17.5 Å². The van der Waals surface area contributed by atoms with Crippen molar-refractivity contribution in [1.29, 1.82) is 0 Å². The number of hydrogen-bond acceptors (Lipinski definition) is 0. The fraction of sp³-hybridized carbons (Fsp3) is 0.0833. The van der Waals surface area contributed by atoms with Crippen LogP contribution >= 0.6 is 0 Å². The number of benzene rings is 4. The van der Waals surface area contributed by atoms with Crippen molar-refractivity contribution in [2.24, 2.45) is 0 Å². The van der Waals surface area contributed by atoms with Gasteiger partial charge >= 0.3 is 0 Å². The van der Waals surface area contributed by atoms with E-state index in [1.165, 1.54) is 11.6 Å². The van der Waals surface area contributed by atoms with Crippen molar-refractivity contribution in [3.8, 4) is 22.3 Å². The molecule has 0 nitrogen and oxygen atoms in total. The van der Waals surface area contributed by atoms with Crippen molar-refractivity contribution >= 4 is 10.8 Å². The van der Waals surface area contributed by atoms with E-state index in [-0.39, 0.29) is 5.82 Å². The first-order chi connectivity index (χ1) is 13.0. The van der Waals surface area contributed by atoms with Crippen molar-refractivity contribution in [2.75, 3.05) is 0 Å². The molecule has 0 atom stereocenters. The molecule has 0 saturated carbocycles. The molecule has 0 radical (unpaired) electrons. The fourth-order valence-electron chi connectivity index (χ4n) is 3.27. The molecule has 4 aromatic carbocycles. The zero-order valence-electron chi connectivity index (χ0n) is 14.8. The third kappa shape index (κ3) is 3.33. The van der Waals surface area contributed by atoms with Crippen LogP contribution in [0.5, 0.6) is 0 Å². The van der Waals surface area contributed by atoms with E-state index in [1.807, 2.05) is 30.3 Å². The standard InChI is InChI=1S/C24H17F3/c1-2-15-3-5-16(6-4-15)17-9-10-21(22(25)12-17)19-8-7-18-13-23(26)24(27)14-20(18)11-19/h3-14H,2H2,1H3. The molecule has 0 aliphatic carbocycles. The smallest absolute Gasteiger partial charge is 0.159 e. The molecule has 0 saturated heterocycles. The first-order valence-electron chi connectivity index (χ1n) is 8.83. The van der Waals surface area contributed by atoms with E-state index in [4.69, 9.17) is 0 Å². The summed E-state index contributed by atoms with van der Waals surface area (Å²) in [4.78, 5) is 0. The first kappa shape index (κ1) is 17.3. The van der Waals surface area contributed by atoms with Crippen molar-refractivity contribution in [3.05, 3.63) is 95.8 Å². The minimum atomic E-state index is -0.911. The molecule has 4 aromatic rings. The van der Waals surface area contributed by atoms with Crippen molar-refractivity contribution in [3.63, 3.8) is 0 Å². The lowest BCUT2D eigenvalue weighted by Crippen LogP contribution is -1.89. The van der Waals surface area contributed by atoms with Crippen LogP contribution in [0.15, 0.2) is 72.8 Å². The van der Waals surface area contributed by atoms with Crippen LogP contribution in [-0.2, 0) is 6.42 Å². The van der Waals surface area contributed by atoms with Crippen LogP contribution in [0.2, 0.25) is 0 Å². The zero-order valence-corrected chi connectivity index (χ0v) is 14.8. The highest BCUT2D eigenvalue weighted by molar-refractivity contribution is 5.88. The number of halogens is 3. The molecule has 0 amide bonds. The summed E-state index contributed by atoms with van der Waals surface area (Å²) in [6.45, 7) is 2.09. The normalized spacial score (nSPS) is 11.1. The predicted octanol–water partition coefficient (Wildman–Crippen LogP) is 7.15. The van der Waals surface area contributed by atoms with Crippen LogP contribution in [0.25, 0.3) is 33.0 Å². The minimum Gasteiger partial charge on any atom is -0.206 e. The molecule has 27 heavy (non-hydrogen) atoms. The monoisotopic (exact) mass is 362 g/mol. The number of aryl methyl sites for hydroxylation is 1. The Balaban J connectivity index is 1.73. The maximum atomic E-state index is 14.8. The zero-order chi connectivity index (χ0) is 19.0. The van der Waals surface area contributed by atoms with Gasteiger partial charge in [-0.1, -0.05) is 55.5 Å². The van der Waals surface area contributed by atoms with Gasteiger partial charge in [-0.15, -0.1) is 0 Å². The second-order valence-corrected chi connectivity index (χ2v) is 6.57. The Morgan fingerprint density at radius 1 is 0.556 bits per heavy atom. The third-order valence-electron chi connectivity index (χ3n) is 4.86. The number of hydrogen-bond donors (Lipinski definition) is 0. The van der Waals surface area contributed by atoms with E-state index in [0.29, 0.717) is 21.9 Å². The Morgan fingerprint density at radius 3 is 1.85 bits per heavy atom. The molecule has 134 valence electrons. The van der Waals surface area contributed by atoms with Crippen LogP contribution in [-0.4, -0.2) is 0 Å². The van der Waals surface area contributed by atoms with Gasteiger partial charge in [0.05, 0.1) is 0 Å². The summed E-state index contributed by atoms with van der Waals surface area (Å²) in [6, 6.07) is 20.5. The average Bonchev–Trinajstić information content (AvgIpc) is 2.68. The van der Waals surface area contributed by atoms with Gasteiger partial charge in [0, 0.05) is 5.56 Å². The van der Waals surface area contributed by atoms with Crippen molar-refractivity contribution in [2.45, 2.75) is 13.3 Å². The van der Waals surface area contributed by atoms with Gasteiger partial charge in [0.25, 0.3) is 0 Å². The van der Waals surface area contributed by atoms with Gasteiger partial charge in [-0.3, -0.25) is 0 Å². The molecular formula is C24H17F3. The summed E-state index contributed by atoms with van der Waals surface area (Å²) in [5, 5.41) is 1.11. The molecule has 0 aliphatic rings. The van der Waals surface area contributed by atoms with Gasteiger partial charge in [0.2, 0.25) is 0 Å². The van der Waals surface area contributed by atoms with Gasteiger partial charge in [-0.05, 0) is 63.7 Å². The maximum absolute atomic E-state index is 14.8. The highest BCUT2D eigenvalue weighted by Gasteiger charge is 2.10. The topological polar surface area (TPSA) is 0 Å². The Labute approximate surface area is 155 Å². The van der Waals surface area contributed by atoms with E-state index in [0.717, 1.165) is 29.7 Å². The molecule has 4 rings (SSSR count). The summed E-state index contributed by atoms with van der Waals surface area (Å²) in [5.74, 6) is -2.15. The van der Waals surface area contributed by atoms with E-state index in [1.54, 1.807) is 24.3 Å². The van der Waals surface area contributed by atoms with Gasteiger partial charge in [0.15, 0.2) is 11.6 Å². The van der Waals surface area contributed by atoms with Crippen molar-refractivity contribution in [1.82, 2.24) is 0 Å². The number of fused-ring (bicyclic) bond motifs is 1. The first-order valence-corrected chi connectivity index (χ1v) is 8.83. The second-order valence-electron chi connectivity index (χ2n) is 6.57. The van der Waals surface area contributed by atoms with Gasteiger partial charge in [-0.25, -0.2) is 13.2 Å². The molecule has 3 heteroatoms. The van der Waals surface area contributed by atoms with Crippen LogP contribution in [0.3, 0.4) is 0 Å². The van der Waals surface area contributed by atoms with Gasteiger partial charge < -0.3 is 0 Å². The summed E-state index contributed by atoms with van der Waals surface area (Å²) in [5.41, 5.74) is 4.03. The van der Waals surface area contributed by atoms with Crippen LogP contribution in [0.1, 0.15) is 12.5 Å². The predicted molar refractivity (Wildman–Crippen MR) is 104 cm³/mol. The summed E-state index contributed by atoms with van der Waals surface area (Å²) in [6.07, 6.45) is 0.958. The summed E-state index contributed by atoms with van der Waals surface area (Å²) in [7, 11) is 0. The number of rotatable bonds is 3. The van der Waals surface area contributed by atoms with Crippen LogP contribution < -0.4 is 0 Å². The van der Waals surface area contributed by atoms with E-state index in [9.17, 15) is 13.2 Å². The van der Waals surface area contributed by atoms with Crippen molar-refractivity contribution < 1.29 is 13.2 Å². The van der Waals surface area contributed by atoms with Gasteiger partial charge in [0.1, 0.15) is 5.82 Å². The maximum Gasteiger partial charge on any atom is 0.159 e. The van der Waals surface area contributed by atoms with E-state index >= 15 is 0 Å². The van der Waals surface area contributed by atoms with Crippen LogP contribution in [0.4, 0.5) is 13.2 Å². The molecular weight excluding hydrogens is 345 g/mol. The lowest BCUT2D eigenvalue weighted by atomic mass is 9.97. The minimum absolute atomic E-state index is 0.353. The largest absolute Gasteiger partial charge is 0.206 e. The molecule has 0 heterocycles. The van der Waals surface area contributed by atoms with E-state index < -0.39 is 11.6 Å². The summed E-state index contributed by atoms with van der Waals surface area (Å²) >= 11 is 0. The molecule has 0 fully saturated rings. The highest BCUT2D eigenvalue weighted by atomic mass is 19.2. The molecule has 0 aromatic heterocycles. The lowest BCUT2D eigenvalue weighted by molar-refractivity contribution is 0.511. The second kappa shape index (κ2) is 6.92. The average molecular weight is 362 g/mol. The summed E-state index contributed by atoms with van der Waals surface area (Å²) < 4.78 is 41.6. The molecule has 0 unspecified atom stereocenters. The Hall–Kier alpha value is -3.07. The fourth-order valence-corrected chi connectivity index (χ4v) is 3.27. The Morgan fingerprint density at radius 2 is 1.19 bits per heavy atom. The quantitative estimate of drug-likeness (QED) is 0.363. The van der Waals surface area contributed by atoms with Gasteiger partial charge in [-0.2, -0.15) is 0 Å². The SMILES string of the molecule is CCc1ccc(-c2ccc(-c3ccc4cc(F)c(F)cc4c3)c(F)c2)cc1. The van der Waals surface area contributed by atoms with E-state index in [2.05, 4.69) is 6.92 Å². The third-order valence-corrected chi connectivity index (χ3v) is 4.86. The molecule has 0 bridgehead atoms. The Bertz CT molecular complexity index is 1130. The lowest BCUT2D eigenvalue weighted by Gasteiger charge is -2.09. The Kier molecular flexibility index (Phi) is 4.44. The highest BCUT2D eigenvalue weighted by Crippen LogP contribution is 2.31. The molecule has 0 N–H and O–H groups in total. The molecule has 0 aliphatic heterocycles. The molecule has 0 spiro atoms.